The maximum absolute atomic E-state index is 8.73. The number of aliphatic hydroxyl groups is 1. The molecule has 0 saturated carbocycles. The normalized spacial score (nSPS) is 10.1. The van der Waals surface area contributed by atoms with Crippen LogP contribution in [0.15, 0.2) is 36.4 Å². The van der Waals surface area contributed by atoms with Crippen LogP contribution in [0.4, 0.5) is 0 Å². The van der Waals surface area contributed by atoms with Crippen LogP contribution in [0.5, 0.6) is 11.5 Å². The fourth-order valence-electron chi connectivity index (χ4n) is 2.46. The van der Waals surface area contributed by atoms with Crippen molar-refractivity contribution < 1.29 is 14.6 Å². The van der Waals surface area contributed by atoms with Crippen LogP contribution in [0.3, 0.4) is 0 Å². The first-order chi connectivity index (χ1) is 13.1. The van der Waals surface area contributed by atoms with Crippen LogP contribution in [-0.4, -0.2) is 38.0 Å². The van der Waals surface area contributed by atoms with Gasteiger partial charge in [-0.25, -0.2) is 0 Å². The zero-order chi connectivity index (χ0) is 19.5. The molecular formula is C20H28Cl4N2O3. The zero-order valence-corrected chi connectivity index (χ0v) is 19.4. The molecule has 0 bridgehead atoms. The van der Waals surface area contributed by atoms with E-state index in [1.807, 2.05) is 31.2 Å². The zero-order valence-electron chi connectivity index (χ0n) is 16.2. The molecule has 0 radical (unpaired) electrons. The minimum atomic E-state index is 0. The summed E-state index contributed by atoms with van der Waals surface area (Å²) in [5.74, 6) is 1.39. The molecule has 2 rings (SSSR count). The maximum Gasteiger partial charge on any atom is 0.161 e. The summed E-state index contributed by atoms with van der Waals surface area (Å²) in [5, 5.41) is 16.4. The molecule has 0 aromatic heterocycles. The summed E-state index contributed by atoms with van der Waals surface area (Å²) in [4.78, 5) is 0. The van der Waals surface area contributed by atoms with Crippen LogP contribution >= 0.6 is 48.0 Å². The number of hydrogen-bond donors (Lipinski definition) is 3. The molecule has 29 heavy (non-hydrogen) atoms. The van der Waals surface area contributed by atoms with Crippen LogP contribution in [0.1, 0.15) is 18.1 Å². The van der Waals surface area contributed by atoms with E-state index in [1.54, 1.807) is 12.1 Å². The molecule has 5 nitrogen and oxygen atoms in total. The van der Waals surface area contributed by atoms with E-state index in [9.17, 15) is 0 Å². The average molecular weight is 486 g/mol. The van der Waals surface area contributed by atoms with E-state index in [2.05, 4.69) is 10.6 Å². The van der Waals surface area contributed by atoms with Gasteiger partial charge in [-0.05, 0) is 36.8 Å². The summed E-state index contributed by atoms with van der Waals surface area (Å²) in [5.41, 5.74) is 1.97. The molecule has 0 saturated heterocycles. The molecule has 0 amide bonds. The van der Waals surface area contributed by atoms with Gasteiger partial charge in [0.15, 0.2) is 11.5 Å². The molecule has 0 aliphatic carbocycles. The maximum atomic E-state index is 8.73. The lowest BCUT2D eigenvalue weighted by molar-refractivity contribution is 0.269. The minimum absolute atomic E-state index is 0. The Bertz CT molecular complexity index is 720. The van der Waals surface area contributed by atoms with Gasteiger partial charge in [0.25, 0.3) is 0 Å². The molecule has 2 aromatic carbocycles. The minimum Gasteiger partial charge on any atom is -0.490 e. The van der Waals surface area contributed by atoms with Gasteiger partial charge >= 0.3 is 0 Å². The Morgan fingerprint density at radius 2 is 1.66 bits per heavy atom. The fraction of sp³-hybridized carbons (Fsp3) is 0.400. The van der Waals surface area contributed by atoms with Crippen molar-refractivity contribution in [2.24, 2.45) is 0 Å². The number of hydrogen-bond acceptors (Lipinski definition) is 5. The number of benzene rings is 2. The van der Waals surface area contributed by atoms with E-state index in [0.717, 1.165) is 30.8 Å². The highest BCUT2D eigenvalue weighted by atomic mass is 35.5. The van der Waals surface area contributed by atoms with Crippen LogP contribution in [0.25, 0.3) is 0 Å². The Morgan fingerprint density at radius 3 is 2.34 bits per heavy atom. The number of rotatable bonds is 12. The van der Waals surface area contributed by atoms with Crippen molar-refractivity contribution in [2.75, 3.05) is 32.8 Å². The van der Waals surface area contributed by atoms with Crippen molar-refractivity contribution >= 4 is 48.0 Å². The Morgan fingerprint density at radius 1 is 0.897 bits per heavy atom. The molecule has 0 aliphatic rings. The number of ether oxygens (including phenoxy) is 2. The topological polar surface area (TPSA) is 62.8 Å². The molecule has 164 valence electrons. The lowest BCUT2D eigenvalue weighted by Gasteiger charge is -2.14. The SMILES string of the molecule is CCOc1cc(CNCCNCCO)ccc1OCc1ccc(Cl)cc1Cl.Cl.Cl. The second kappa shape index (κ2) is 15.9. The highest BCUT2D eigenvalue weighted by Gasteiger charge is 2.09. The lowest BCUT2D eigenvalue weighted by atomic mass is 10.2. The highest BCUT2D eigenvalue weighted by molar-refractivity contribution is 6.35. The fourth-order valence-corrected chi connectivity index (χ4v) is 2.92. The lowest BCUT2D eigenvalue weighted by Crippen LogP contribution is -2.28. The van der Waals surface area contributed by atoms with Gasteiger partial charge in [0.2, 0.25) is 0 Å². The Balaban J connectivity index is 0.00000392. The van der Waals surface area contributed by atoms with E-state index in [1.165, 1.54) is 0 Å². The van der Waals surface area contributed by atoms with Gasteiger partial charge in [-0.3, -0.25) is 0 Å². The molecule has 0 aliphatic heterocycles. The second-order valence-corrected chi connectivity index (χ2v) is 6.73. The van der Waals surface area contributed by atoms with Crippen LogP contribution in [-0.2, 0) is 13.2 Å². The van der Waals surface area contributed by atoms with Crippen molar-refractivity contribution in [3.05, 3.63) is 57.6 Å². The summed E-state index contributed by atoms with van der Waals surface area (Å²) in [6.45, 7) is 5.95. The Kier molecular flexibility index (Phi) is 15.4. The van der Waals surface area contributed by atoms with Crippen LogP contribution in [0, 0.1) is 0 Å². The summed E-state index contributed by atoms with van der Waals surface area (Å²) < 4.78 is 11.6. The van der Waals surface area contributed by atoms with Gasteiger partial charge in [-0.2, -0.15) is 0 Å². The van der Waals surface area contributed by atoms with Crippen molar-refractivity contribution in [1.29, 1.82) is 0 Å². The quantitative estimate of drug-likeness (QED) is 0.386. The molecule has 9 heteroatoms. The number of aliphatic hydroxyl groups excluding tert-OH is 1. The van der Waals surface area contributed by atoms with E-state index in [0.29, 0.717) is 41.3 Å². The van der Waals surface area contributed by atoms with Crippen LogP contribution < -0.4 is 20.1 Å². The third-order valence-electron chi connectivity index (χ3n) is 3.80. The molecule has 0 fully saturated rings. The predicted molar refractivity (Wildman–Crippen MR) is 125 cm³/mol. The number of nitrogens with one attached hydrogen (secondary N) is 2. The molecule has 0 unspecified atom stereocenters. The summed E-state index contributed by atoms with van der Waals surface area (Å²) in [6.07, 6.45) is 0. The summed E-state index contributed by atoms with van der Waals surface area (Å²) in [6, 6.07) is 11.3. The van der Waals surface area contributed by atoms with Gasteiger partial charge in [0.05, 0.1) is 13.2 Å². The van der Waals surface area contributed by atoms with Crippen molar-refractivity contribution in [3.63, 3.8) is 0 Å². The average Bonchev–Trinajstić information content (AvgIpc) is 2.65. The first kappa shape index (κ1) is 28.1. The van der Waals surface area contributed by atoms with Gasteiger partial charge in [0.1, 0.15) is 6.61 Å². The largest absolute Gasteiger partial charge is 0.490 e. The van der Waals surface area contributed by atoms with Gasteiger partial charge in [-0.1, -0.05) is 35.3 Å². The smallest absolute Gasteiger partial charge is 0.161 e. The molecule has 0 spiro atoms. The van der Waals surface area contributed by atoms with E-state index in [4.69, 9.17) is 37.8 Å². The van der Waals surface area contributed by atoms with E-state index >= 15 is 0 Å². The second-order valence-electron chi connectivity index (χ2n) is 5.89. The third-order valence-corrected chi connectivity index (χ3v) is 4.39. The first-order valence-corrected chi connectivity index (χ1v) is 9.74. The third kappa shape index (κ3) is 10.1. The van der Waals surface area contributed by atoms with E-state index < -0.39 is 0 Å². The summed E-state index contributed by atoms with van der Waals surface area (Å²) in [7, 11) is 0. The first-order valence-electron chi connectivity index (χ1n) is 8.98. The molecule has 2 aromatic rings. The Labute approximate surface area is 194 Å². The van der Waals surface area contributed by atoms with Gasteiger partial charge in [0, 0.05) is 41.8 Å². The molecule has 0 atom stereocenters. The van der Waals surface area contributed by atoms with Crippen molar-refractivity contribution in [2.45, 2.75) is 20.1 Å². The Hall–Kier alpha value is -0.920. The highest BCUT2D eigenvalue weighted by Crippen LogP contribution is 2.30. The van der Waals surface area contributed by atoms with Crippen LogP contribution in [0.2, 0.25) is 10.0 Å². The van der Waals surface area contributed by atoms with Gasteiger partial charge < -0.3 is 25.2 Å². The van der Waals surface area contributed by atoms with Gasteiger partial charge in [-0.15, -0.1) is 24.8 Å². The van der Waals surface area contributed by atoms with E-state index in [-0.39, 0.29) is 31.4 Å². The van der Waals surface area contributed by atoms with Crippen molar-refractivity contribution in [3.8, 4) is 11.5 Å². The monoisotopic (exact) mass is 484 g/mol. The molecular weight excluding hydrogens is 458 g/mol. The molecule has 3 N–H and O–H groups in total. The standard InChI is InChI=1S/C20H26Cl2N2O3.2ClH/c1-2-26-20-11-15(13-24-8-7-23-9-10-25)3-6-19(20)27-14-16-4-5-17(21)12-18(16)22;;/h3-6,11-12,23-25H,2,7-10,13-14H2,1H3;2*1H. The molecule has 0 heterocycles. The predicted octanol–water partition coefficient (Wildman–Crippen LogP) is 4.49. The summed E-state index contributed by atoms with van der Waals surface area (Å²) >= 11 is 12.1. The number of halogens is 4. The van der Waals surface area contributed by atoms with Crippen molar-refractivity contribution in [1.82, 2.24) is 10.6 Å².